The van der Waals surface area contributed by atoms with Gasteiger partial charge in [-0.2, -0.15) is 0 Å². The molecule has 2 N–H and O–H groups in total. The SMILES string of the molecule is CNc1ccc(S(=O)(=O)NC2CCOC2)cc1[N+](=O)[O-]. The molecule has 0 bridgehead atoms. The van der Waals surface area contributed by atoms with Crippen molar-refractivity contribution in [3.63, 3.8) is 0 Å². The highest BCUT2D eigenvalue weighted by molar-refractivity contribution is 7.89. The summed E-state index contributed by atoms with van der Waals surface area (Å²) in [5.41, 5.74) is -0.0174. The first-order chi connectivity index (χ1) is 9.44. The van der Waals surface area contributed by atoms with Gasteiger partial charge in [-0.15, -0.1) is 0 Å². The topological polar surface area (TPSA) is 111 Å². The first-order valence-corrected chi connectivity index (χ1v) is 7.48. The lowest BCUT2D eigenvalue weighted by Gasteiger charge is -2.12. The molecule has 2 rings (SSSR count). The van der Waals surface area contributed by atoms with Crippen LogP contribution in [-0.2, 0) is 14.8 Å². The number of nitro benzene ring substituents is 1. The van der Waals surface area contributed by atoms with Gasteiger partial charge in [0.2, 0.25) is 10.0 Å². The number of nitrogens with zero attached hydrogens (tertiary/aromatic N) is 1. The average Bonchev–Trinajstić information content (AvgIpc) is 2.89. The lowest BCUT2D eigenvalue weighted by atomic mass is 10.3. The molecule has 0 amide bonds. The van der Waals surface area contributed by atoms with Crippen molar-refractivity contribution in [3.8, 4) is 0 Å². The third-order valence-electron chi connectivity index (χ3n) is 3.00. The first-order valence-electron chi connectivity index (χ1n) is 6.00. The molecule has 1 aromatic carbocycles. The molecule has 0 aromatic heterocycles. The third-order valence-corrected chi connectivity index (χ3v) is 4.52. The van der Waals surface area contributed by atoms with Crippen molar-refractivity contribution in [3.05, 3.63) is 28.3 Å². The summed E-state index contributed by atoms with van der Waals surface area (Å²) in [4.78, 5) is 10.2. The van der Waals surface area contributed by atoms with Crippen LogP contribution in [0.5, 0.6) is 0 Å². The lowest BCUT2D eigenvalue weighted by Crippen LogP contribution is -2.35. The smallest absolute Gasteiger partial charge is 0.293 e. The van der Waals surface area contributed by atoms with Crippen LogP contribution in [0.25, 0.3) is 0 Å². The van der Waals surface area contributed by atoms with Crippen LogP contribution < -0.4 is 10.0 Å². The zero-order chi connectivity index (χ0) is 14.8. The number of benzene rings is 1. The molecule has 1 aliphatic rings. The van der Waals surface area contributed by atoms with E-state index in [4.69, 9.17) is 4.74 Å². The van der Waals surface area contributed by atoms with Gasteiger partial charge in [0.15, 0.2) is 0 Å². The van der Waals surface area contributed by atoms with Gasteiger partial charge >= 0.3 is 0 Å². The second-order valence-corrected chi connectivity index (χ2v) is 6.08. The summed E-state index contributed by atoms with van der Waals surface area (Å²) >= 11 is 0. The van der Waals surface area contributed by atoms with Crippen molar-refractivity contribution in [2.45, 2.75) is 17.4 Å². The fraction of sp³-hybridized carbons (Fsp3) is 0.455. The van der Waals surface area contributed by atoms with Gasteiger partial charge in [-0.1, -0.05) is 0 Å². The van der Waals surface area contributed by atoms with E-state index in [1.807, 2.05) is 0 Å². The fourth-order valence-corrected chi connectivity index (χ4v) is 3.23. The Morgan fingerprint density at radius 2 is 2.20 bits per heavy atom. The molecule has 1 aliphatic heterocycles. The van der Waals surface area contributed by atoms with Gasteiger partial charge in [0.25, 0.3) is 5.69 Å². The highest BCUT2D eigenvalue weighted by atomic mass is 32.2. The molecule has 9 heteroatoms. The third kappa shape index (κ3) is 3.06. The summed E-state index contributed by atoms with van der Waals surface area (Å²) in [6.07, 6.45) is 0.593. The monoisotopic (exact) mass is 301 g/mol. The first kappa shape index (κ1) is 14.7. The number of rotatable bonds is 5. The maximum Gasteiger partial charge on any atom is 0.293 e. The van der Waals surface area contributed by atoms with E-state index in [-0.39, 0.29) is 22.3 Å². The normalized spacial score (nSPS) is 18.9. The second-order valence-electron chi connectivity index (χ2n) is 4.37. The number of nitro groups is 1. The summed E-state index contributed by atoms with van der Waals surface area (Å²) in [5, 5.41) is 13.6. The molecule has 110 valence electrons. The van der Waals surface area contributed by atoms with Crippen molar-refractivity contribution in [2.24, 2.45) is 0 Å². The van der Waals surface area contributed by atoms with E-state index < -0.39 is 14.9 Å². The Labute approximate surface area is 116 Å². The standard InChI is InChI=1S/C11H15N3O5S/c1-12-10-3-2-9(6-11(10)14(15)16)20(17,18)13-8-4-5-19-7-8/h2-3,6,8,12-13H,4-5,7H2,1H3. The molecule has 1 unspecified atom stereocenters. The molecule has 0 radical (unpaired) electrons. The van der Waals surface area contributed by atoms with Gasteiger partial charge < -0.3 is 10.1 Å². The van der Waals surface area contributed by atoms with Gasteiger partial charge in [0.1, 0.15) is 5.69 Å². The number of anilines is 1. The zero-order valence-corrected chi connectivity index (χ0v) is 11.6. The van der Waals surface area contributed by atoms with Crippen molar-refractivity contribution in [1.82, 2.24) is 4.72 Å². The lowest BCUT2D eigenvalue weighted by molar-refractivity contribution is -0.384. The summed E-state index contributed by atoms with van der Waals surface area (Å²) in [6.45, 7) is 0.821. The minimum absolute atomic E-state index is 0.130. The van der Waals surface area contributed by atoms with E-state index in [9.17, 15) is 18.5 Å². The van der Waals surface area contributed by atoms with Crippen molar-refractivity contribution >= 4 is 21.4 Å². The van der Waals surface area contributed by atoms with Crippen LogP contribution in [0.15, 0.2) is 23.1 Å². The Morgan fingerprint density at radius 1 is 1.45 bits per heavy atom. The van der Waals surface area contributed by atoms with Crippen LogP contribution in [0.3, 0.4) is 0 Å². The van der Waals surface area contributed by atoms with Gasteiger partial charge in [-0.05, 0) is 18.6 Å². The molecule has 1 aromatic rings. The molecular formula is C11H15N3O5S. The van der Waals surface area contributed by atoms with Crippen molar-refractivity contribution in [1.29, 1.82) is 0 Å². The van der Waals surface area contributed by atoms with Crippen LogP contribution >= 0.6 is 0 Å². The Morgan fingerprint density at radius 3 is 2.75 bits per heavy atom. The molecule has 0 saturated carbocycles. The van der Waals surface area contributed by atoms with Crippen LogP contribution in [0.1, 0.15) is 6.42 Å². The Kier molecular flexibility index (Phi) is 4.21. The largest absolute Gasteiger partial charge is 0.383 e. The van der Waals surface area contributed by atoms with Crippen molar-refractivity contribution < 1.29 is 18.1 Å². The van der Waals surface area contributed by atoms with Gasteiger partial charge in [-0.3, -0.25) is 10.1 Å². The minimum Gasteiger partial charge on any atom is -0.383 e. The van der Waals surface area contributed by atoms with Crippen LogP contribution in [-0.4, -0.2) is 39.6 Å². The van der Waals surface area contributed by atoms with Gasteiger partial charge in [-0.25, -0.2) is 13.1 Å². The predicted molar refractivity (Wildman–Crippen MR) is 72.2 cm³/mol. The van der Waals surface area contributed by atoms with E-state index in [1.165, 1.54) is 19.2 Å². The zero-order valence-electron chi connectivity index (χ0n) is 10.8. The maximum atomic E-state index is 12.2. The van der Waals surface area contributed by atoms with Crippen LogP contribution in [0, 0.1) is 10.1 Å². The van der Waals surface area contributed by atoms with E-state index in [1.54, 1.807) is 0 Å². The summed E-state index contributed by atoms with van der Waals surface area (Å²) in [5.74, 6) is 0. The number of sulfonamides is 1. The number of hydrogen-bond donors (Lipinski definition) is 2. The van der Waals surface area contributed by atoms with E-state index in [2.05, 4.69) is 10.0 Å². The molecule has 1 heterocycles. The van der Waals surface area contributed by atoms with Crippen molar-refractivity contribution in [2.75, 3.05) is 25.6 Å². The van der Waals surface area contributed by atoms with Crippen LogP contribution in [0.2, 0.25) is 0 Å². The minimum atomic E-state index is -3.79. The molecule has 1 saturated heterocycles. The fourth-order valence-electron chi connectivity index (χ4n) is 1.96. The van der Waals surface area contributed by atoms with E-state index in [0.717, 1.165) is 6.07 Å². The molecule has 0 aliphatic carbocycles. The molecule has 1 fully saturated rings. The van der Waals surface area contributed by atoms with Crippen LogP contribution in [0.4, 0.5) is 11.4 Å². The molecule has 8 nitrogen and oxygen atoms in total. The summed E-state index contributed by atoms with van der Waals surface area (Å²) in [6, 6.07) is 3.46. The molecule has 1 atom stereocenters. The molecule has 20 heavy (non-hydrogen) atoms. The predicted octanol–water partition coefficient (Wildman–Crippen LogP) is 0.704. The quantitative estimate of drug-likeness (QED) is 0.612. The molecule has 0 spiro atoms. The maximum absolute atomic E-state index is 12.2. The summed E-state index contributed by atoms with van der Waals surface area (Å²) < 4.78 is 31.9. The Balaban J connectivity index is 2.31. The van der Waals surface area contributed by atoms with Gasteiger partial charge in [0, 0.05) is 25.8 Å². The number of nitrogens with one attached hydrogen (secondary N) is 2. The Bertz CT molecular complexity index is 610. The highest BCUT2D eigenvalue weighted by Crippen LogP contribution is 2.27. The number of ether oxygens (including phenoxy) is 1. The second kappa shape index (κ2) is 5.73. The Hall–Kier alpha value is -1.71. The van der Waals surface area contributed by atoms with E-state index >= 15 is 0 Å². The van der Waals surface area contributed by atoms with E-state index in [0.29, 0.717) is 19.6 Å². The molecular weight excluding hydrogens is 286 g/mol. The summed E-state index contributed by atoms with van der Waals surface area (Å²) in [7, 11) is -2.25. The number of hydrogen-bond acceptors (Lipinski definition) is 6. The highest BCUT2D eigenvalue weighted by Gasteiger charge is 2.25. The average molecular weight is 301 g/mol. The van der Waals surface area contributed by atoms with Gasteiger partial charge in [0.05, 0.1) is 16.4 Å².